The summed E-state index contributed by atoms with van der Waals surface area (Å²) in [5, 5.41) is 1.97. The Morgan fingerprint density at radius 3 is 2.57 bits per heavy atom. The van der Waals surface area contributed by atoms with E-state index in [1.165, 1.54) is 4.90 Å². The van der Waals surface area contributed by atoms with E-state index in [-0.39, 0.29) is 11.7 Å². The van der Waals surface area contributed by atoms with E-state index < -0.39 is 0 Å². The molecular weight excluding hydrogens is 192 g/mol. The summed E-state index contributed by atoms with van der Waals surface area (Å²) in [4.78, 5) is 12.1. The van der Waals surface area contributed by atoms with Gasteiger partial charge in [-0.2, -0.15) is 0 Å². The number of Topliss-reactive ketones (excluding diaryl/α,β-unsaturated/α-hetero) is 1. The molecule has 2 heteroatoms. The zero-order valence-electron chi connectivity index (χ0n) is 8.44. The number of benzene rings is 1. The highest BCUT2D eigenvalue weighted by Crippen LogP contribution is 2.18. The van der Waals surface area contributed by atoms with Crippen molar-refractivity contribution in [1.82, 2.24) is 0 Å². The van der Waals surface area contributed by atoms with Crippen LogP contribution in [-0.4, -0.2) is 5.78 Å². The second kappa shape index (κ2) is 5.66. The predicted octanol–water partition coefficient (Wildman–Crippen LogP) is 3.52. The lowest BCUT2D eigenvalue weighted by Crippen LogP contribution is -2.01. The van der Waals surface area contributed by atoms with E-state index in [0.717, 1.165) is 0 Å². The van der Waals surface area contributed by atoms with Gasteiger partial charge in [0.05, 0.1) is 0 Å². The Morgan fingerprint density at radius 2 is 2.00 bits per heavy atom. The van der Waals surface area contributed by atoms with Crippen LogP contribution in [-0.2, 0) is 4.79 Å². The maximum absolute atomic E-state index is 10.9. The van der Waals surface area contributed by atoms with Crippen molar-refractivity contribution < 1.29 is 4.79 Å². The largest absolute Gasteiger partial charge is 0.299 e. The zero-order chi connectivity index (χ0) is 10.4. The molecule has 1 aromatic rings. The molecule has 0 bridgehead atoms. The van der Waals surface area contributed by atoms with Crippen LogP contribution in [0.5, 0.6) is 0 Å². The summed E-state index contributed by atoms with van der Waals surface area (Å²) in [5.74, 6) is 0.223. The smallest absolute Gasteiger partial charge is 0.136 e. The minimum atomic E-state index is 0.0196. The fourth-order valence-corrected chi connectivity index (χ4v) is 1.66. The van der Waals surface area contributed by atoms with Gasteiger partial charge in [0.15, 0.2) is 0 Å². The third-order valence-corrected chi connectivity index (χ3v) is 2.79. The fourth-order valence-electron chi connectivity index (χ4n) is 0.870. The van der Waals surface area contributed by atoms with E-state index >= 15 is 0 Å². The lowest BCUT2D eigenvalue weighted by atomic mass is 10.1. The van der Waals surface area contributed by atoms with E-state index in [0.29, 0.717) is 0 Å². The lowest BCUT2D eigenvalue weighted by Gasteiger charge is -1.98. The predicted molar refractivity (Wildman–Crippen MR) is 61.3 cm³/mol. The van der Waals surface area contributed by atoms with Gasteiger partial charge in [0.2, 0.25) is 0 Å². The van der Waals surface area contributed by atoms with Crippen molar-refractivity contribution in [1.29, 1.82) is 0 Å². The van der Waals surface area contributed by atoms with Crippen molar-refractivity contribution >= 4 is 17.5 Å². The molecule has 0 heterocycles. The highest BCUT2D eigenvalue weighted by atomic mass is 32.2. The van der Waals surface area contributed by atoms with Crippen molar-refractivity contribution in [3.05, 3.63) is 41.8 Å². The van der Waals surface area contributed by atoms with Crippen LogP contribution in [0.1, 0.15) is 13.8 Å². The monoisotopic (exact) mass is 206 g/mol. The fraction of sp³-hybridized carbons (Fsp3) is 0.250. The molecule has 1 unspecified atom stereocenters. The molecule has 14 heavy (non-hydrogen) atoms. The van der Waals surface area contributed by atoms with Crippen LogP contribution in [0.25, 0.3) is 0 Å². The van der Waals surface area contributed by atoms with E-state index in [2.05, 4.69) is 0 Å². The van der Waals surface area contributed by atoms with Crippen molar-refractivity contribution in [2.24, 2.45) is 5.92 Å². The number of thioether (sulfide) groups is 1. The van der Waals surface area contributed by atoms with Gasteiger partial charge in [-0.3, -0.25) is 4.79 Å². The van der Waals surface area contributed by atoms with Gasteiger partial charge in [0.1, 0.15) is 5.78 Å². The highest BCUT2D eigenvalue weighted by molar-refractivity contribution is 8.02. The van der Waals surface area contributed by atoms with Crippen LogP contribution in [0.2, 0.25) is 0 Å². The number of carbonyl (C=O) groups is 1. The summed E-state index contributed by atoms with van der Waals surface area (Å²) >= 11 is 1.63. The first-order chi connectivity index (χ1) is 6.70. The maximum atomic E-state index is 10.9. The standard InChI is InChI=1S/C12H14OS/c1-10(11(2)13)8-9-14-12-6-4-3-5-7-12/h3-10H,1-2H3/b9-8+. The Balaban J connectivity index is 2.45. The molecule has 74 valence electrons. The van der Waals surface area contributed by atoms with Gasteiger partial charge in [-0.25, -0.2) is 0 Å². The summed E-state index contributed by atoms with van der Waals surface area (Å²) in [6.07, 6.45) is 1.93. The molecule has 0 fully saturated rings. The molecular formula is C12H14OS. The Labute approximate surface area is 89.2 Å². The van der Waals surface area contributed by atoms with Gasteiger partial charge >= 0.3 is 0 Å². The highest BCUT2D eigenvalue weighted by Gasteiger charge is 2.00. The Bertz CT molecular complexity index is 316. The molecule has 0 radical (unpaired) electrons. The average molecular weight is 206 g/mol. The summed E-state index contributed by atoms with van der Waals surface area (Å²) in [6.45, 7) is 3.52. The first kappa shape index (κ1) is 11.1. The van der Waals surface area contributed by atoms with E-state index in [4.69, 9.17) is 0 Å². The minimum absolute atomic E-state index is 0.0196. The van der Waals surface area contributed by atoms with Gasteiger partial charge in [0.25, 0.3) is 0 Å². The van der Waals surface area contributed by atoms with Gasteiger partial charge in [-0.05, 0) is 24.5 Å². The number of hydrogen-bond donors (Lipinski definition) is 0. The number of rotatable bonds is 4. The minimum Gasteiger partial charge on any atom is -0.299 e. The average Bonchev–Trinajstić information content (AvgIpc) is 2.19. The number of allylic oxidation sites excluding steroid dienone is 1. The molecule has 1 aromatic carbocycles. The van der Waals surface area contributed by atoms with Crippen LogP contribution in [0.4, 0.5) is 0 Å². The topological polar surface area (TPSA) is 17.1 Å². The Hall–Kier alpha value is -1.02. The van der Waals surface area contributed by atoms with Crippen LogP contribution in [0.15, 0.2) is 46.7 Å². The van der Waals surface area contributed by atoms with Crippen molar-refractivity contribution in [2.75, 3.05) is 0 Å². The molecule has 0 N–H and O–H groups in total. The van der Waals surface area contributed by atoms with Gasteiger partial charge < -0.3 is 0 Å². The third kappa shape index (κ3) is 3.79. The Kier molecular flexibility index (Phi) is 4.47. The van der Waals surface area contributed by atoms with Gasteiger partial charge in [0, 0.05) is 10.8 Å². The molecule has 0 saturated carbocycles. The summed E-state index contributed by atoms with van der Waals surface area (Å²) in [6, 6.07) is 10.1. The van der Waals surface area contributed by atoms with Gasteiger partial charge in [-0.15, -0.1) is 0 Å². The lowest BCUT2D eigenvalue weighted by molar-refractivity contribution is -0.118. The molecule has 0 aliphatic heterocycles. The first-order valence-corrected chi connectivity index (χ1v) is 5.47. The van der Waals surface area contributed by atoms with Crippen LogP contribution < -0.4 is 0 Å². The molecule has 0 spiro atoms. The van der Waals surface area contributed by atoms with Crippen LogP contribution in [0, 0.1) is 5.92 Å². The molecule has 0 aromatic heterocycles. The summed E-state index contributed by atoms with van der Waals surface area (Å²) in [5.41, 5.74) is 0. The molecule has 1 nitrogen and oxygen atoms in total. The number of ketones is 1. The first-order valence-electron chi connectivity index (χ1n) is 4.59. The maximum Gasteiger partial charge on any atom is 0.136 e. The van der Waals surface area contributed by atoms with Crippen LogP contribution >= 0.6 is 11.8 Å². The second-order valence-corrected chi connectivity index (χ2v) is 4.14. The molecule has 0 aliphatic carbocycles. The van der Waals surface area contributed by atoms with Crippen molar-refractivity contribution in [3.8, 4) is 0 Å². The molecule has 1 rings (SSSR count). The molecule has 0 saturated heterocycles. The summed E-state index contributed by atoms with van der Waals surface area (Å²) in [7, 11) is 0. The van der Waals surface area contributed by atoms with Gasteiger partial charge in [-0.1, -0.05) is 43.0 Å². The second-order valence-electron chi connectivity index (χ2n) is 3.16. The quantitative estimate of drug-likeness (QED) is 0.701. The molecule has 0 amide bonds. The summed E-state index contributed by atoms with van der Waals surface area (Å²) < 4.78 is 0. The van der Waals surface area contributed by atoms with E-state index in [1.807, 2.05) is 48.7 Å². The van der Waals surface area contributed by atoms with Crippen molar-refractivity contribution in [3.63, 3.8) is 0 Å². The zero-order valence-corrected chi connectivity index (χ0v) is 9.25. The Morgan fingerprint density at radius 1 is 1.36 bits per heavy atom. The van der Waals surface area contributed by atoms with Crippen molar-refractivity contribution in [2.45, 2.75) is 18.7 Å². The molecule has 1 atom stereocenters. The normalized spacial score (nSPS) is 13.0. The van der Waals surface area contributed by atoms with E-state index in [1.54, 1.807) is 18.7 Å². The molecule has 0 aliphatic rings. The number of carbonyl (C=O) groups excluding carboxylic acids is 1. The van der Waals surface area contributed by atoms with Crippen LogP contribution in [0.3, 0.4) is 0 Å². The SMILES string of the molecule is CC(=O)C(C)/C=C/Sc1ccccc1. The third-order valence-electron chi connectivity index (χ3n) is 1.96. The number of hydrogen-bond acceptors (Lipinski definition) is 2. The van der Waals surface area contributed by atoms with E-state index in [9.17, 15) is 4.79 Å².